The Bertz CT molecular complexity index is 1640. The number of carbonyl (C=O) groups excluding carboxylic acids is 1. The van der Waals surface area contributed by atoms with E-state index in [0.717, 1.165) is 22.4 Å². The Hall–Kier alpha value is -4.23. The highest BCUT2D eigenvalue weighted by Gasteiger charge is 2.35. The summed E-state index contributed by atoms with van der Waals surface area (Å²) in [6.07, 6.45) is 1.84. The molecule has 0 bridgehead atoms. The van der Waals surface area contributed by atoms with Gasteiger partial charge in [0.05, 0.1) is 35.1 Å². The standard InChI is InChI=1S/C30H26N2O4S/c1-3-35-23-17-11-12-20(18-23)19-24-28(33)32-27(22-15-9-6-10-16-22)25(29(34)36-4-2)26(31-30(32)37-24)21-13-7-5-8-14-21/h5-19,27H,3-4H2,1-2H3/b24-19-/t27-/m0/s1. The molecule has 1 aromatic heterocycles. The van der Waals surface area contributed by atoms with Crippen LogP contribution in [-0.4, -0.2) is 23.8 Å². The van der Waals surface area contributed by atoms with Crippen molar-refractivity contribution in [3.05, 3.63) is 127 Å². The zero-order valence-electron chi connectivity index (χ0n) is 20.6. The van der Waals surface area contributed by atoms with Crippen molar-refractivity contribution in [1.82, 2.24) is 4.57 Å². The predicted molar refractivity (Wildman–Crippen MR) is 145 cm³/mol. The quantitative estimate of drug-likeness (QED) is 0.347. The van der Waals surface area contributed by atoms with E-state index in [1.54, 1.807) is 11.5 Å². The number of hydrogen-bond donors (Lipinski definition) is 0. The molecule has 4 aromatic rings. The third-order valence-electron chi connectivity index (χ3n) is 5.96. The summed E-state index contributed by atoms with van der Waals surface area (Å²) in [5, 5.41) is 0. The molecule has 5 rings (SSSR count). The van der Waals surface area contributed by atoms with E-state index in [9.17, 15) is 9.59 Å². The van der Waals surface area contributed by atoms with Gasteiger partial charge in [-0.05, 0) is 43.2 Å². The van der Waals surface area contributed by atoms with Gasteiger partial charge >= 0.3 is 5.97 Å². The van der Waals surface area contributed by atoms with Crippen LogP contribution in [0.15, 0.2) is 100 Å². The van der Waals surface area contributed by atoms with E-state index in [1.807, 2.05) is 97.9 Å². The molecule has 1 atom stereocenters. The minimum absolute atomic E-state index is 0.215. The first-order chi connectivity index (χ1) is 18.1. The first-order valence-corrected chi connectivity index (χ1v) is 13.0. The number of rotatable bonds is 7. The zero-order chi connectivity index (χ0) is 25.8. The van der Waals surface area contributed by atoms with Crippen molar-refractivity contribution < 1.29 is 14.3 Å². The lowest BCUT2D eigenvalue weighted by Gasteiger charge is -2.25. The van der Waals surface area contributed by atoms with Crippen LogP contribution in [0.3, 0.4) is 0 Å². The van der Waals surface area contributed by atoms with Gasteiger partial charge in [-0.25, -0.2) is 9.79 Å². The molecule has 0 aliphatic carbocycles. The Morgan fingerprint density at radius 1 is 0.973 bits per heavy atom. The summed E-state index contributed by atoms with van der Waals surface area (Å²) in [5.41, 5.74) is 3.08. The summed E-state index contributed by atoms with van der Waals surface area (Å²) in [5.74, 6) is 0.250. The largest absolute Gasteiger partial charge is 0.494 e. The number of thiazole rings is 1. The summed E-state index contributed by atoms with van der Waals surface area (Å²) in [6.45, 7) is 4.47. The Morgan fingerprint density at radius 2 is 1.70 bits per heavy atom. The number of aromatic nitrogens is 1. The molecule has 0 radical (unpaired) electrons. The molecular weight excluding hydrogens is 484 g/mol. The van der Waals surface area contributed by atoms with Crippen LogP contribution in [0.4, 0.5) is 0 Å². The first-order valence-electron chi connectivity index (χ1n) is 12.2. The first kappa shape index (κ1) is 24.5. The van der Waals surface area contributed by atoms with Crippen LogP contribution in [0.1, 0.15) is 36.6 Å². The number of esters is 1. The maximum Gasteiger partial charge on any atom is 0.338 e. The molecule has 0 saturated carbocycles. The Labute approximate surface area is 218 Å². The average molecular weight is 511 g/mol. The van der Waals surface area contributed by atoms with E-state index in [4.69, 9.17) is 14.5 Å². The second kappa shape index (κ2) is 10.8. The van der Waals surface area contributed by atoms with Crippen molar-refractivity contribution in [2.75, 3.05) is 13.2 Å². The molecule has 0 N–H and O–H groups in total. The monoisotopic (exact) mass is 510 g/mol. The molecule has 1 aliphatic rings. The molecule has 37 heavy (non-hydrogen) atoms. The van der Waals surface area contributed by atoms with Crippen LogP contribution in [0, 0.1) is 0 Å². The summed E-state index contributed by atoms with van der Waals surface area (Å²) in [6, 6.07) is 26.0. The highest BCUT2D eigenvalue weighted by atomic mass is 32.1. The van der Waals surface area contributed by atoms with Gasteiger partial charge in [0.1, 0.15) is 5.75 Å². The fraction of sp³-hybridized carbons (Fsp3) is 0.167. The molecule has 6 nitrogen and oxygen atoms in total. The predicted octanol–water partition coefficient (Wildman–Crippen LogP) is 4.33. The lowest BCUT2D eigenvalue weighted by atomic mass is 9.93. The third kappa shape index (κ3) is 4.90. The maximum atomic E-state index is 13.9. The van der Waals surface area contributed by atoms with E-state index in [-0.39, 0.29) is 12.2 Å². The lowest BCUT2D eigenvalue weighted by Crippen LogP contribution is -2.39. The molecule has 2 heterocycles. The molecule has 0 saturated heterocycles. The Balaban J connectivity index is 1.78. The molecule has 0 fully saturated rings. The lowest BCUT2D eigenvalue weighted by molar-refractivity contribution is -0.138. The highest BCUT2D eigenvalue weighted by Crippen LogP contribution is 2.35. The van der Waals surface area contributed by atoms with Crippen molar-refractivity contribution in [3.8, 4) is 5.75 Å². The number of nitrogens with zero attached hydrogens (tertiary/aromatic N) is 2. The second-order valence-corrected chi connectivity index (χ2v) is 9.36. The van der Waals surface area contributed by atoms with Gasteiger partial charge in [0.25, 0.3) is 5.56 Å². The van der Waals surface area contributed by atoms with Gasteiger partial charge in [-0.15, -0.1) is 0 Å². The average Bonchev–Trinajstić information content (AvgIpc) is 3.23. The highest BCUT2D eigenvalue weighted by molar-refractivity contribution is 7.07. The van der Waals surface area contributed by atoms with Gasteiger partial charge in [-0.1, -0.05) is 84.1 Å². The summed E-state index contributed by atoms with van der Waals surface area (Å²) in [4.78, 5) is 32.7. The van der Waals surface area contributed by atoms with Crippen LogP contribution in [-0.2, 0) is 9.53 Å². The minimum Gasteiger partial charge on any atom is -0.494 e. The van der Waals surface area contributed by atoms with E-state index in [1.165, 1.54) is 11.3 Å². The van der Waals surface area contributed by atoms with E-state index >= 15 is 0 Å². The van der Waals surface area contributed by atoms with Gasteiger partial charge in [0.2, 0.25) is 0 Å². The zero-order valence-corrected chi connectivity index (χ0v) is 21.4. The maximum absolute atomic E-state index is 13.9. The summed E-state index contributed by atoms with van der Waals surface area (Å²) < 4.78 is 13.2. The van der Waals surface area contributed by atoms with E-state index < -0.39 is 12.0 Å². The smallest absolute Gasteiger partial charge is 0.338 e. The van der Waals surface area contributed by atoms with E-state index in [2.05, 4.69) is 0 Å². The van der Waals surface area contributed by atoms with Crippen molar-refractivity contribution >= 4 is 29.1 Å². The number of ether oxygens (including phenoxy) is 2. The molecule has 3 aromatic carbocycles. The summed E-state index contributed by atoms with van der Waals surface area (Å²) in [7, 11) is 0. The second-order valence-electron chi connectivity index (χ2n) is 8.35. The van der Waals surface area contributed by atoms with Crippen LogP contribution >= 0.6 is 11.3 Å². The van der Waals surface area contributed by atoms with Crippen LogP contribution < -0.4 is 19.6 Å². The SMILES string of the molecule is CCOC(=O)C1=C(c2ccccc2)N=c2s/c(=C\c3cccc(OCC)c3)c(=O)n2[C@H]1c1ccccc1. The number of hydrogen-bond acceptors (Lipinski definition) is 6. The molecular formula is C30H26N2O4S. The van der Waals surface area contributed by atoms with Gasteiger partial charge in [-0.2, -0.15) is 0 Å². The Kier molecular flexibility index (Phi) is 7.14. The van der Waals surface area contributed by atoms with Crippen molar-refractivity contribution in [2.24, 2.45) is 4.99 Å². The van der Waals surface area contributed by atoms with Gasteiger partial charge in [0, 0.05) is 5.56 Å². The topological polar surface area (TPSA) is 69.9 Å². The van der Waals surface area contributed by atoms with Gasteiger partial charge in [-0.3, -0.25) is 9.36 Å². The molecule has 1 aliphatic heterocycles. The number of benzene rings is 3. The van der Waals surface area contributed by atoms with Crippen molar-refractivity contribution in [1.29, 1.82) is 0 Å². The fourth-order valence-corrected chi connectivity index (χ4v) is 5.40. The van der Waals surface area contributed by atoms with Gasteiger partial charge in [0.15, 0.2) is 4.80 Å². The van der Waals surface area contributed by atoms with Crippen molar-refractivity contribution in [2.45, 2.75) is 19.9 Å². The van der Waals surface area contributed by atoms with Crippen LogP contribution in [0.25, 0.3) is 11.8 Å². The summed E-state index contributed by atoms with van der Waals surface area (Å²) >= 11 is 1.30. The van der Waals surface area contributed by atoms with Gasteiger partial charge < -0.3 is 9.47 Å². The molecule has 0 amide bonds. The molecule has 7 heteroatoms. The fourth-order valence-electron chi connectivity index (χ4n) is 4.40. The third-order valence-corrected chi connectivity index (χ3v) is 6.94. The van der Waals surface area contributed by atoms with Crippen LogP contribution in [0.2, 0.25) is 0 Å². The number of carbonyl (C=O) groups is 1. The normalized spacial score (nSPS) is 15.2. The molecule has 0 spiro atoms. The van der Waals surface area contributed by atoms with E-state index in [0.29, 0.717) is 27.2 Å². The molecule has 0 unspecified atom stereocenters. The van der Waals surface area contributed by atoms with Crippen LogP contribution in [0.5, 0.6) is 5.75 Å². The molecule has 186 valence electrons. The number of fused-ring (bicyclic) bond motifs is 1. The Morgan fingerprint density at radius 3 is 2.41 bits per heavy atom. The van der Waals surface area contributed by atoms with Crippen molar-refractivity contribution in [3.63, 3.8) is 0 Å². The minimum atomic E-state index is -0.677.